The van der Waals surface area contributed by atoms with Crippen LogP contribution in [-0.2, 0) is 56.0 Å². The predicted molar refractivity (Wildman–Crippen MR) is 175 cm³/mol. The van der Waals surface area contributed by atoms with Crippen LogP contribution in [0.1, 0.15) is 83.2 Å². The molecule has 2 aromatic carbocycles. The first-order chi connectivity index (χ1) is 25.4. The summed E-state index contributed by atoms with van der Waals surface area (Å²) in [7, 11) is 0. The van der Waals surface area contributed by atoms with Crippen molar-refractivity contribution in [1.82, 2.24) is 10.6 Å². The molecule has 0 aliphatic rings. The highest BCUT2D eigenvalue weighted by molar-refractivity contribution is 5.94. The van der Waals surface area contributed by atoms with Gasteiger partial charge < -0.3 is 45.0 Å². The predicted octanol–water partition coefficient (Wildman–Crippen LogP) is 1.91. The molecule has 2 amide bonds. The Balaban J connectivity index is 1.61. The summed E-state index contributed by atoms with van der Waals surface area (Å²) in [6.07, 6.45) is -1.52. The smallest absolute Gasteiger partial charge is 0.342 e. The molecule has 280 valence electrons. The lowest BCUT2D eigenvalue weighted by atomic mass is 10.1. The van der Waals surface area contributed by atoms with Gasteiger partial charge in [-0.2, -0.15) is 10.5 Å². The minimum absolute atomic E-state index is 0.00240. The Morgan fingerprint density at radius 1 is 0.623 bits per heavy atom. The molecule has 0 saturated heterocycles. The molecule has 0 radical (unpaired) electrons. The number of ether oxygens (including phenoxy) is 4. The van der Waals surface area contributed by atoms with Crippen molar-refractivity contribution in [2.24, 2.45) is 5.16 Å². The van der Waals surface area contributed by atoms with Gasteiger partial charge in [-0.1, -0.05) is 17.3 Å². The molecule has 53 heavy (non-hydrogen) atoms. The number of carbonyl (C=O) groups excluding carboxylic acids is 7. The number of aromatic hydroxyl groups is 2. The SMILES string of the molecule is N#CCOC(=O)c1ccc(CNC(=O)CCCC(=O)OC(=O)CC/C(=N/O)OC(=O)CCCC(=O)NCc2ccc(C(=O)OCC#N)c(O)c2)cc1O. The van der Waals surface area contributed by atoms with Gasteiger partial charge >= 0.3 is 29.8 Å². The second-order valence-electron chi connectivity index (χ2n) is 10.7. The van der Waals surface area contributed by atoms with Crippen LogP contribution in [0.4, 0.5) is 0 Å². The zero-order valence-electron chi connectivity index (χ0n) is 28.1. The topological polar surface area (TPSA) is 301 Å². The van der Waals surface area contributed by atoms with Gasteiger partial charge in [-0.3, -0.25) is 24.0 Å². The molecule has 5 N–H and O–H groups in total. The number of amides is 2. The lowest BCUT2D eigenvalue weighted by Gasteiger charge is -2.09. The maximum Gasteiger partial charge on any atom is 0.342 e. The Morgan fingerprint density at radius 2 is 1.06 bits per heavy atom. The summed E-state index contributed by atoms with van der Waals surface area (Å²) in [6, 6.07) is 11.2. The molecule has 2 aromatic rings. The molecule has 0 bridgehead atoms. The lowest BCUT2D eigenvalue weighted by Crippen LogP contribution is -2.23. The monoisotopic (exact) mass is 737 g/mol. The molecule has 2 rings (SSSR count). The Bertz CT molecular complexity index is 1790. The van der Waals surface area contributed by atoms with Crippen molar-refractivity contribution in [3.05, 3.63) is 58.7 Å². The van der Waals surface area contributed by atoms with Crippen LogP contribution in [0, 0.1) is 22.7 Å². The van der Waals surface area contributed by atoms with E-state index in [9.17, 15) is 43.8 Å². The molecular weight excluding hydrogens is 702 g/mol. The van der Waals surface area contributed by atoms with Gasteiger partial charge in [0, 0.05) is 45.2 Å². The first kappa shape index (κ1) is 42.1. The van der Waals surface area contributed by atoms with E-state index in [2.05, 4.69) is 30.0 Å². The number of phenols is 2. The van der Waals surface area contributed by atoms with Crippen molar-refractivity contribution >= 4 is 47.6 Å². The number of benzene rings is 2. The van der Waals surface area contributed by atoms with Crippen LogP contribution in [0.5, 0.6) is 11.5 Å². The summed E-state index contributed by atoms with van der Waals surface area (Å²) < 4.78 is 18.8. The molecule has 0 aliphatic carbocycles. The molecule has 0 spiro atoms. The van der Waals surface area contributed by atoms with E-state index in [0.29, 0.717) is 11.1 Å². The zero-order valence-corrected chi connectivity index (χ0v) is 28.1. The third-order valence-corrected chi connectivity index (χ3v) is 6.76. The lowest BCUT2D eigenvalue weighted by molar-refractivity contribution is -0.159. The Hall–Kier alpha value is -7.02. The molecule has 0 aromatic heterocycles. The summed E-state index contributed by atoms with van der Waals surface area (Å²) in [5, 5.41) is 54.0. The van der Waals surface area contributed by atoms with E-state index in [0.717, 1.165) is 0 Å². The van der Waals surface area contributed by atoms with E-state index < -0.39 is 85.1 Å². The Labute approximate surface area is 301 Å². The van der Waals surface area contributed by atoms with Crippen LogP contribution in [0.15, 0.2) is 41.6 Å². The maximum absolute atomic E-state index is 12.1. The summed E-state index contributed by atoms with van der Waals surface area (Å²) in [5.41, 5.74) is 0.617. The Morgan fingerprint density at radius 3 is 1.47 bits per heavy atom. The number of nitriles is 2. The largest absolute Gasteiger partial charge is 0.507 e. The Kier molecular flexibility index (Phi) is 18.0. The highest BCUT2D eigenvalue weighted by atomic mass is 16.6. The second kappa shape index (κ2) is 22.6. The molecule has 19 nitrogen and oxygen atoms in total. The molecule has 0 atom stereocenters. The van der Waals surface area contributed by atoms with Crippen LogP contribution in [0.25, 0.3) is 0 Å². The first-order valence-corrected chi connectivity index (χ1v) is 15.8. The quantitative estimate of drug-likeness (QED) is 0.0261. The van der Waals surface area contributed by atoms with E-state index in [1.807, 2.05) is 0 Å². The normalized spacial score (nSPS) is 10.5. The van der Waals surface area contributed by atoms with E-state index in [1.54, 1.807) is 12.1 Å². The van der Waals surface area contributed by atoms with Gasteiger partial charge in [0.2, 0.25) is 17.7 Å². The van der Waals surface area contributed by atoms with Gasteiger partial charge in [0.15, 0.2) is 13.2 Å². The number of oxime groups is 1. The van der Waals surface area contributed by atoms with Gasteiger partial charge in [0.25, 0.3) is 0 Å². The van der Waals surface area contributed by atoms with Gasteiger partial charge in [-0.05, 0) is 48.2 Å². The summed E-state index contributed by atoms with van der Waals surface area (Å²) in [5.74, 6) is -6.76. The fourth-order valence-electron chi connectivity index (χ4n) is 4.18. The second-order valence-corrected chi connectivity index (χ2v) is 10.7. The zero-order chi connectivity index (χ0) is 39.2. The van der Waals surface area contributed by atoms with Crippen molar-refractivity contribution in [3.63, 3.8) is 0 Å². The minimum atomic E-state index is -1.00. The number of nitrogens with zero attached hydrogens (tertiary/aromatic N) is 3. The number of nitrogens with one attached hydrogen (secondary N) is 2. The van der Waals surface area contributed by atoms with Crippen molar-refractivity contribution in [3.8, 4) is 23.6 Å². The molecule has 0 aliphatic heterocycles. The van der Waals surface area contributed by atoms with Crippen LogP contribution in [-0.4, -0.2) is 76.2 Å². The van der Waals surface area contributed by atoms with E-state index in [1.165, 1.54) is 36.4 Å². The molecule has 19 heteroatoms. The molecule has 0 heterocycles. The number of phenolic OH excluding ortho intramolecular Hbond substituents is 2. The van der Waals surface area contributed by atoms with Crippen LogP contribution in [0.3, 0.4) is 0 Å². The van der Waals surface area contributed by atoms with Gasteiger partial charge in [0.1, 0.15) is 34.8 Å². The third-order valence-electron chi connectivity index (χ3n) is 6.76. The van der Waals surface area contributed by atoms with Crippen LogP contribution in [0.2, 0.25) is 0 Å². The van der Waals surface area contributed by atoms with E-state index in [-0.39, 0.29) is 62.7 Å². The standard InChI is InChI=1S/C34H35N5O14/c35-13-15-50-33(47)23-9-7-21(17-25(23)40)19-37-27(42)3-1-5-30(44)52-29(39-49)11-12-32(46)53-31(45)6-2-4-28(43)38-20-22-8-10-24(26(41)18-22)34(48)51-16-14-36/h7-10,17-18,40-41,49H,1-6,11-12,15-16,19-20H2,(H,37,42)(H,38,43)/b39-29-. The van der Waals surface area contributed by atoms with Crippen molar-refractivity contribution in [1.29, 1.82) is 10.5 Å². The number of hydrogen-bond acceptors (Lipinski definition) is 17. The van der Waals surface area contributed by atoms with E-state index >= 15 is 0 Å². The molecular formula is C34H35N5O14. The average Bonchev–Trinajstić information content (AvgIpc) is 3.12. The highest BCUT2D eigenvalue weighted by Crippen LogP contribution is 2.21. The van der Waals surface area contributed by atoms with Crippen LogP contribution >= 0.6 is 0 Å². The molecule has 0 saturated carbocycles. The number of carbonyl (C=O) groups is 7. The first-order valence-electron chi connectivity index (χ1n) is 15.8. The maximum atomic E-state index is 12.1. The molecule has 0 unspecified atom stereocenters. The number of rotatable bonds is 19. The van der Waals surface area contributed by atoms with Crippen molar-refractivity contribution < 1.29 is 67.9 Å². The van der Waals surface area contributed by atoms with Crippen molar-refractivity contribution in [2.45, 2.75) is 64.5 Å². The summed E-state index contributed by atoms with van der Waals surface area (Å²) >= 11 is 0. The van der Waals surface area contributed by atoms with Crippen LogP contribution < -0.4 is 10.6 Å². The minimum Gasteiger partial charge on any atom is -0.507 e. The number of hydrogen-bond donors (Lipinski definition) is 5. The molecule has 0 fully saturated rings. The van der Waals surface area contributed by atoms with Crippen molar-refractivity contribution in [2.75, 3.05) is 13.2 Å². The highest BCUT2D eigenvalue weighted by Gasteiger charge is 2.18. The van der Waals surface area contributed by atoms with Gasteiger partial charge in [-0.15, -0.1) is 0 Å². The fourth-order valence-corrected chi connectivity index (χ4v) is 4.18. The third kappa shape index (κ3) is 16.0. The summed E-state index contributed by atoms with van der Waals surface area (Å²) in [6.45, 7) is -0.963. The average molecular weight is 738 g/mol. The number of esters is 5. The fraction of sp³-hybridized carbons (Fsp3) is 0.353. The van der Waals surface area contributed by atoms with E-state index in [4.69, 9.17) is 20.5 Å². The van der Waals surface area contributed by atoms with Gasteiger partial charge in [0.05, 0.1) is 6.42 Å². The van der Waals surface area contributed by atoms with Gasteiger partial charge in [-0.25, -0.2) is 9.59 Å². The summed E-state index contributed by atoms with van der Waals surface area (Å²) in [4.78, 5) is 83.9.